The Hall–Kier alpha value is -0.730. The molecule has 2 saturated heterocycles. The van der Waals surface area contributed by atoms with Gasteiger partial charge >= 0.3 is 0 Å². The van der Waals surface area contributed by atoms with E-state index in [-0.39, 0.29) is 0 Å². The molecule has 0 aromatic heterocycles. The maximum atomic E-state index is 6.11. The molecule has 2 nitrogen and oxygen atoms in total. The zero-order chi connectivity index (χ0) is 14.1. The smallest absolute Gasteiger partial charge is 0.0410 e. The first kappa shape index (κ1) is 14.2. The van der Waals surface area contributed by atoms with Gasteiger partial charge in [-0.3, -0.25) is 0 Å². The number of halogens is 1. The third-order valence-electron chi connectivity index (χ3n) is 4.90. The van der Waals surface area contributed by atoms with Crippen LogP contribution in [0.1, 0.15) is 44.6 Å². The van der Waals surface area contributed by atoms with Crippen LogP contribution in [0.3, 0.4) is 0 Å². The molecule has 2 aliphatic heterocycles. The molecule has 2 fully saturated rings. The highest BCUT2D eigenvalue weighted by Crippen LogP contribution is 2.39. The summed E-state index contributed by atoms with van der Waals surface area (Å²) < 4.78 is 0. The topological polar surface area (TPSA) is 15.3 Å². The van der Waals surface area contributed by atoms with E-state index in [1.165, 1.54) is 43.4 Å². The molecule has 1 aromatic carbocycles. The second-order valence-electron chi connectivity index (χ2n) is 6.30. The second-order valence-corrected chi connectivity index (χ2v) is 6.74. The summed E-state index contributed by atoms with van der Waals surface area (Å²) in [6.45, 7) is 5.49. The van der Waals surface area contributed by atoms with Crippen molar-refractivity contribution in [2.75, 3.05) is 11.4 Å². The summed E-state index contributed by atoms with van der Waals surface area (Å²) in [5, 5.41) is 4.51. The van der Waals surface area contributed by atoms with Crippen LogP contribution in [-0.4, -0.2) is 24.7 Å². The fourth-order valence-electron chi connectivity index (χ4n) is 4.14. The normalized spacial score (nSPS) is 29.6. The first-order valence-corrected chi connectivity index (χ1v) is 8.34. The Labute approximate surface area is 127 Å². The van der Waals surface area contributed by atoms with Crippen molar-refractivity contribution in [3.63, 3.8) is 0 Å². The molecule has 2 bridgehead atoms. The van der Waals surface area contributed by atoms with E-state index in [0.29, 0.717) is 18.1 Å². The van der Waals surface area contributed by atoms with Gasteiger partial charge in [0.2, 0.25) is 0 Å². The van der Waals surface area contributed by atoms with Crippen LogP contribution in [0.25, 0.3) is 0 Å². The molecule has 0 aliphatic carbocycles. The number of hydrogen-bond donors (Lipinski definition) is 1. The van der Waals surface area contributed by atoms with Gasteiger partial charge in [0, 0.05) is 28.8 Å². The third-order valence-corrected chi connectivity index (χ3v) is 5.14. The van der Waals surface area contributed by atoms with Gasteiger partial charge < -0.3 is 10.2 Å². The largest absolute Gasteiger partial charge is 0.365 e. The lowest BCUT2D eigenvalue weighted by Crippen LogP contribution is -2.56. The summed E-state index contributed by atoms with van der Waals surface area (Å²) in [7, 11) is 0. The molecule has 3 heteroatoms. The van der Waals surface area contributed by atoms with Gasteiger partial charge in [-0.25, -0.2) is 0 Å². The summed E-state index contributed by atoms with van der Waals surface area (Å²) in [6.07, 6.45) is 6.62. The quantitative estimate of drug-likeness (QED) is 0.900. The summed E-state index contributed by atoms with van der Waals surface area (Å²) in [4.78, 5) is 2.70. The number of piperidine rings is 2. The van der Waals surface area contributed by atoms with E-state index in [2.05, 4.69) is 36.2 Å². The number of aryl methyl sites for hydroxylation is 1. The molecule has 0 saturated carbocycles. The zero-order valence-electron chi connectivity index (χ0n) is 12.5. The summed E-state index contributed by atoms with van der Waals surface area (Å²) in [5.41, 5.74) is 2.72. The SMILES string of the molecule is CCNC1CC2CCCC(C1)N2c1ccc(Cl)cc1C. The number of rotatable bonds is 3. The number of hydrogen-bond acceptors (Lipinski definition) is 2. The summed E-state index contributed by atoms with van der Waals surface area (Å²) >= 11 is 6.11. The molecule has 3 rings (SSSR count). The highest BCUT2D eigenvalue weighted by Gasteiger charge is 2.38. The van der Waals surface area contributed by atoms with Crippen molar-refractivity contribution < 1.29 is 0 Å². The Morgan fingerprint density at radius 2 is 1.95 bits per heavy atom. The Bertz CT molecular complexity index is 460. The van der Waals surface area contributed by atoms with E-state index in [4.69, 9.17) is 11.6 Å². The molecule has 0 radical (unpaired) electrons. The zero-order valence-corrected chi connectivity index (χ0v) is 13.3. The first-order chi connectivity index (χ1) is 9.69. The van der Waals surface area contributed by atoms with E-state index < -0.39 is 0 Å². The lowest BCUT2D eigenvalue weighted by molar-refractivity contribution is 0.247. The fourth-order valence-corrected chi connectivity index (χ4v) is 4.37. The van der Waals surface area contributed by atoms with Gasteiger partial charge in [-0.05, 0) is 69.3 Å². The molecule has 0 amide bonds. The molecule has 110 valence electrons. The minimum atomic E-state index is 0.700. The molecule has 2 heterocycles. The van der Waals surface area contributed by atoms with E-state index in [9.17, 15) is 0 Å². The molecule has 1 aromatic rings. The highest BCUT2D eigenvalue weighted by atomic mass is 35.5. The number of nitrogens with zero attached hydrogens (tertiary/aromatic N) is 1. The van der Waals surface area contributed by atoms with E-state index in [1.807, 2.05) is 6.07 Å². The highest BCUT2D eigenvalue weighted by molar-refractivity contribution is 6.30. The van der Waals surface area contributed by atoms with Crippen LogP contribution in [-0.2, 0) is 0 Å². The van der Waals surface area contributed by atoms with Crippen LogP contribution in [0.4, 0.5) is 5.69 Å². The molecule has 20 heavy (non-hydrogen) atoms. The Kier molecular flexibility index (Phi) is 4.23. The monoisotopic (exact) mass is 292 g/mol. The molecule has 2 atom stereocenters. The standard InChI is InChI=1S/C17H25ClN2/c1-3-19-14-10-15-5-4-6-16(11-14)20(15)17-8-7-13(18)9-12(17)2/h7-9,14-16,19H,3-6,10-11H2,1-2H3. The maximum Gasteiger partial charge on any atom is 0.0410 e. The van der Waals surface area contributed by atoms with Gasteiger partial charge in [0.15, 0.2) is 0 Å². The Morgan fingerprint density at radius 3 is 2.55 bits per heavy atom. The predicted octanol–water partition coefficient (Wildman–Crippen LogP) is 4.15. The molecule has 2 aliphatic rings. The third kappa shape index (κ3) is 2.68. The van der Waals surface area contributed by atoms with Gasteiger partial charge in [0.25, 0.3) is 0 Å². The van der Waals surface area contributed by atoms with E-state index in [1.54, 1.807) is 0 Å². The number of nitrogens with one attached hydrogen (secondary N) is 1. The van der Waals surface area contributed by atoms with Crippen molar-refractivity contribution in [1.29, 1.82) is 0 Å². The minimum Gasteiger partial charge on any atom is -0.365 e. The second kappa shape index (κ2) is 5.95. The number of fused-ring (bicyclic) bond motifs is 2. The van der Waals surface area contributed by atoms with Crippen LogP contribution < -0.4 is 10.2 Å². The van der Waals surface area contributed by atoms with E-state index >= 15 is 0 Å². The van der Waals surface area contributed by atoms with Gasteiger partial charge in [-0.2, -0.15) is 0 Å². The predicted molar refractivity (Wildman–Crippen MR) is 86.8 cm³/mol. The van der Waals surface area contributed by atoms with Crippen molar-refractivity contribution in [3.05, 3.63) is 28.8 Å². The van der Waals surface area contributed by atoms with Crippen LogP contribution in [0, 0.1) is 6.92 Å². The van der Waals surface area contributed by atoms with Crippen LogP contribution in [0.5, 0.6) is 0 Å². The average Bonchev–Trinajstić information content (AvgIpc) is 2.39. The first-order valence-electron chi connectivity index (χ1n) is 7.97. The molecule has 1 N–H and O–H groups in total. The average molecular weight is 293 g/mol. The number of anilines is 1. The Morgan fingerprint density at radius 1 is 1.25 bits per heavy atom. The van der Waals surface area contributed by atoms with Crippen molar-refractivity contribution >= 4 is 17.3 Å². The Balaban J connectivity index is 1.86. The van der Waals surface area contributed by atoms with E-state index in [0.717, 1.165) is 11.6 Å². The van der Waals surface area contributed by atoms with Crippen molar-refractivity contribution in [1.82, 2.24) is 5.32 Å². The van der Waals surface area contributed by atoms with Crippen molar-refractivity contribution in [2.45, 2.75) is 64.1 Å². The van der Waals surface area contributed by atoms with Crippen molar-refractivity contribution in [2.24, 2.45) is 0 Å². The lowest BCUT2D eigenvalue weighted by atomic mass is 9.81. The van der Waals surface area contributed by atoms with Crippen molar-refractivity contribution in [3.8, 4) is 0 Å². The maximum absolute atomic E-state index is 6.11. The summed E-state index contributed by atoms with van der Waals surface area (Å²) in [5.74, 6) is 0. The molecule has 2 unspecified atom stereocenters. The lowest BCUT2D eigenvalue weighted by Gasteiger charge is -2.51. The van der Waals surface area contributed by atoms with Crippen LogP contribution in [0.15, 0.2) is 18.2 Å². The molecular weight excluding hydrogens is 268 g/mol. The van der Waals surface area contributed by atoms with Gasteiger partial charge in [0.05, 0.1) is 0 Å². The van der Waals surface area contributed by atoms with Gasteiger partial charge in [-0.15, -0.1) is 0 Å². The minimum absolute atomic E-state index is 0.700. The van der Waals surface area contributed by atoms with Gasteiger partial charge in [-0.1, -0.05) is 18.5 Å². The van der Waals surface area contributed by atoms with Gasteiger partial charge in [0.1, 0.15) is 0 Å². The summed E-state index contributed by atoms with van der Waals surface area (Å²) in [6, 6.07) is 8.47. The fraction of sp³-hybridized carbons (Fsp3) is 0.647. The molecular formula is C17H25ClN2. The van der Waals surface area contributed by atoms with Crippen LogP contribution >= 0.6 is 11.6 Å². The number of benzene rings is 1. The molecule has 0 spiro atoms. The van der Waals surface area contributed by atoms with Crippen LogP contribution in [0.2, 0.25) is 5.02 Å².